The number of thioether (sulfide) groups is 1. The Kier molecular flexibility index (Phi) is 4.17. The first-order chi connectivity index (χ1) is 6.90. The molecule has 2 N–H and O–H groups in total. The predicted molar refractivity (Wildman–Crippen MR) is 68.1 cm³/mol. The normalized spacial score (nSPS) is 13.9. The van der Waals surface area contributed by atoms with E-state index in [2.05, 4.69) is 32.7 Å². The van der Waals surface area contributed by atoms with Crippen LogP contribution in [-0.2, 0) is 0 Å². The first kappa shape index (κ1) is 12.5. The van der Waals surface area contributed by atoms with Crippen LogP contribution in [0.2, 0.25) is 0 Å². The van der Waals surface area contributed by atoms with Gasteiger partial charge in [0.05, 0.1) is 0 Å². The van der Waals surface area contributed by atoms with Gasteiger partial charge in [-0.15, -0.1) is 0 Å². The lowest BCUT2D eigenvalue weighted by Crippen LogP contribution is -2.19. The second kappa shape index (κ2) is 4.99. The Balaban J connectivity index is 2.62. The Morgan fingerprint density at radius 2 is 2.13 bits per heavy atom. The number of nitrogens with zero attached hydrogens (tertiary/aromatic N) is 1. The van der Waals surface area contributed by atoms with Gasteiger partial charge in [0.25, 0.3) is 0 Å². The van der Waals surface area contributed by atoms with Crippen LogP contribution in [0.1, 0.15) is 37.9 Å². The highest BCUT2D eigenvalue weighted by molar-refractivity contribution is 8.00. The minimum atomic E-state index is 0.0860. The number of hydrogen-bond donors (Lipinski definition) is 1. The number of hydrogen-bond acceptors (Lipinski definition) is 3. The van der Waals surface area contributed by atoms with Gasteiger partial charge in [0.1, 0.15) is 0 Å². The van der Waals surface area contributed by atoms with Crippen molar-refractivity contribution >= 4 is 11.8 Å². The summed E-state index contributed by atoms with van der Waals surface area (Å²) in [6.45, 7) is 8.71. The van der Waals surface area contributed by atoms with Crippen LogP contribution < -0.4 is 5.73 Å². The second-order valence-electron chi connectivity index (χ2n) is 4.76. The Morgan fingerprint density at radius 1 is 1.47 bits per heavy atom. The van der Waals surface area contributed by atoms with Crippen LogP contribution >= 0.6 is 11.8 Å². The van der Waals surface area contributed by atoms with Crippen LogP contribution in [-0.4, -0.2) is 15.5 Å². The van der Waals surface area contributed by atoms with E-state index in [9.17, 15) is 0 Å². The molecule has 1 aromatic heterocycles. The minimum absolute atomic E-state index is 0.0860. The number of rotatable bonds is 3. The van der Waals surface area contributed by atoms with Gasteiger partial charge in [-0.05, 0) is 24.1 Å². The first-order valence-electron chi connectivity index (χ1n) is 5.20. The van der Waals surface area contributed by atoms with E-state index in [4.69, 9.17) is 5.73 Å². The fourth-order valence-corrected chi connectivity index (χ4v) is 2.15. The highest BCUT2D eigenvalue weighted by atomic mass is 32.2. The standard InChI is InChI=1S/C12H20N2S/c1-9-5-6-14-7-10(9)11(13)8-15-12(2,3)4/h5-7,11H,8,13H2,1-4H3. The molecular weight excluding hydrogens is 204 g/mol. The van der Waals surface area contributed by atoms with Gasteiger partial charge in [0.2, 0.25) is 0 Å². The number of aromatic nitrogens is 1. The summed E-state index contributed by atoms with van der Waals surface area (Å²) in [5.74, 6) is 0.941. The SMILES string of the molecule is Cc1ccncc1C(N)CSC(C)(C)C. The molecule has 15 heavy (non-hydrogen) atoms. The lowest BCUT2D eigenvalue weighted by Gasteiger charge is -2.21. The Bertz CT molecular complexity index is 318. The van der Waals surface area contributed by atoms with Crippen molar-refractivity contribution in [2.45, 2.75) is 38.5 Å². The number of aryl methyl sites for hydroxylation is 1. The lowest BCUT2D eigenvalue weighted by molar-refractivity contribution is 0.774. The van der Waals surface area contributed by atoms with Crippen molar-refractivity contribution in [1.29, 1.82) is 0 Å². The van der Waals surface area contributed by atoms with Gasteiger partial charge in [-0.3, -0.25) is 4.98 Å². The van der Waals surface area contributed by atoms with Crippen molar-refractivity contribution in [3.05, 3.63) is 29.6 Å². The highest BCUT2D eigenvalue weighted by Gasteiger charge is 2.15. The summed E-state index contributed by atoms with van der Waals surface area (Å²) in [4.78, 5) is 4.12. The summed E-state index contributed by atoms with van der Waals surface area (Å²) in [7, 11) is 0. The van der Waals surface area contributed by atoms with Crippen LogP contribution in [0.3, 0.4) is 0 Å². The highest BCUT2D eigenvalue weighted by Crippen LogP contribution is 2.27. The average Bonchev–Trinajstić information content (AvgIpc) is 2.14. The van der Waals surface area contributed by atoms with Crippen molar-refractivity contribution in [3.8, 4) is 0 Å². The predicted octanol–water partition coefficient (Wildman–Crippen LogP) is 2.92. The third kappa shape index (κ3) is 4.22. The molecule has 84 valence electrons. The molecule has 1 rings (SSSR count). The molecular formula is C12H20N2S. The van der Waals surface area contributed by atoms with Gasteiger partial charge in [-0.2, -0.15) is 11.8 Å². The molecule has 1 aromatic rings. The molecule has 0 saturated carbocycles. The van der Waals surface area contributed by atoms with Crippen molar-refractivity contribution < 1.29 is 0 Å². The molecule has 1 unspecified atom stereocenters. The monoisotopic (exact) mass is 224 g/mol. The molecule has 3 heteroatoms. The van der Waals surface area contributed by atoms with Crippen molar-refractivity contribution in [3.63, 3.8) is 0 Å². The Morgan fingerprint density at radius 3 is 2.67 bits per heavy atom. The zero-order valence-corrected chi connectivity index (χ0v) is 10.8. The molecule has 0 spiro atoms. The molecule has 1 heterocycles. The van der Waals surface area contributed by atoms with Crippen LogP contribution in [0.15, 0.2) is 18.5 Å². The average molecular weight is 224 g/mol. The number of nitrogens with two attached hydrogens (primary N) is 1. The summed E-state index contributed by atoms with van der Waals surface area (Å²) < 4.78 is 0.272. The smallest absolute Gasteiger partial charge is 0.0405 e. The summed E-state index contributed by atoms with van der Waals surface area (Å²) in [6.07, 6.45) is 3.69. The fraction of sp³-hybridized carbons (Fsp3) is 0.583. The van der Waals surface area contributed by atoms with Gasteiger partial charge in [0.15, 0.2) is 0 Å². The summed E-state index contributed by atoms with van der Waals surface area (Å²) >= 11 is 1.89. The van der Waals surface area contributed by atoms with Crippen LogP contribution in [0.25, 0.3) is 0 Å². The van der Waals surface area contributed by atoms with Gasteiger partial charge in [0, 0.05) is 28.9 Å². The van der Waals surface area contributed by atoms with Gasteiger partial charge in [-0.25, -0.2) is 0 Å². The van der Waals surface area contributed by atoms with Crippen molar-refractivity contribution in [2.24, 2.45) is 5.73 Å². The maximum absolute atomic E-state index is 6.14. The van der Waals surface area contributed by atoms with E-state index in [1.165, 1.54) is 5.56 Å². The third-order valence-corrected chi connectivity index (χ3v) is 3.57. The largest absolute Gasteiger partial charge is 0.323 e. The molecule has 1 atom stereocenters. The van der Waals surface area contributed by atoms with Crippen LogP contribution in [0, 0.1) is 6.92 Å². The molecule has 0 bridgehead atoms. The Hall–Kier alpha value is -0.540. The maximum Gasteiger partial charge on any atom is 0.0405 e. The van der Waals surface area contributed by atoms with Crippen LogP contribution in [0.5, 0.6) is 0 Å². The van der Waals surface area contributed by atoms with Crippen molar-refractivity contribution in [1.82, 2.24) is 4.98 Å². The van der Waals surface area contributed by atoms with E-state index < -0.39 is 0 Å². The van der Waals surface area contributed by atoms with Crippen molar-refractivity contribution in [2.75, 3.05) is 5.75 Å². The molecule has 0 amide bonds. The van der Waals surface area contributed by atoms with E-state index in [1.54, 1.807) is 0 Å². The van der Waals surface area contributed by atoms with E-state index >= 15 is 0 Å². The van der Waals surface area contributed by atoms with Crippen LogP contribution in [0.4, 0.5) is 0 Å². The number of pyridine rings is 1. The topological polar surface area (TPSA) is 38.9 Å². The molecule has 0 aliphatic heterocycles. The molecule has 2 nitrogen and oxygen atoms in total. The molecule has 0 aliphatic carbocycles. The summed E-state index contributed by atoms with van der Waals surface area (Å²) in [5.41, 5.74) is 8.53. The summed E-state index contributed by atoms with van der Waals surface area (Å²) in [5, 5.41) is 0. The second-order valence-corrected chi connectivity index (χ2v) is 6.61. The molecule has 0 fully saturated rings. The molecule has 0 saturated heterocycles. The van der Waals surface area contributed by atoms with E-state index in [0.29, 0.717) is 0 Å². The Labute approximate surface area is 96.7 Å². The van der Waals surface area contributed by atoms with Gasteiger partial charge < -0.3 is 5.73 Å². The minimum Gasteiger partial charge on any atom is -0.323 e. The van der Waals surface area contributed by atoms with E-state index in [0.717, 1.165) is 11.3 Å². The maximum atomic E-state index is 6.14. The zero-order valence-electron chi connectivity index (χ0n) is 9.95. The summed E-state index contributed by atoms with van der Waals surface area (Å²) in [6, 6.07) is 2.10. The first-order valence-corrected chi connectivity index (χ1v) is 6.19. The quantitative estimate of drug-likeness (QED) is 0.858. The lowest BCUT2D eigenvalue weighted by atomic mass is 10.1. The van der Waals surface area contributed by atoms with Gasteiger partial charge in [-0.1, -0.05) is 20.8 Å². The zero-order chi connectivity index (χ0) is 11.5. The fourth-order valence-electron chi connectivity index (χ4n) is 1.29. The third-order valence-electron chi connectivity index (χ3n) is 2.17. The molecule has 0 aliphatic rings. The molecule has 0 aromatic carbocycles. The van der Waals surface area contributed by atoms with E-state index in [-0.39, 0.29) is 10.8 Å². The molecule has 0 radical (unpaired) electrons. The van der Waals surface area contributed by atoms with E-state index in [1.807, 2.05) is 30.2 Å². The van der Waals surface area contributed by atoms with Gasteiger partial charge >= 0.3 is 0 Å².